The minimum atomic E-state index is -3.41. The standard InChI is InChI=1S/C18H29BrO4Si/c1-18(2,3)24(4,5)23-15-10-17(20)22-16(15)12-21-11-13-6-8-14(19)9-7-13/h6-9,15-17,20H,10-12H2,1-5H3/t15-,16+,17?/m0/s1/i10D2,12D2,15D,16D,17D. The summed E-state index contributed by atoms with van der Waals surface area (Å²) in [6.45, 7) is 5.42. The number of benzene rings is 1. The van der Waals surface area contributed by atoms with E-state index >= 15 is 0 Å². The van der Waals surface area contributed by atoms with E-state index in [9.17, 15) is 5.11 Å². The van der Waals surface area contributed by atoms with Crippen LogP contribution in [0.3, 0.4) is 0 Å². The van der Waals surface area contributed by atoms with Gasteiger partial charge >= 0.3 is 0 Å². The molecule has 0 aromatic heterocycles. The van der Waals surface area contributed by atoms with E-state index in [1.54, 1.807) is 37.4 Å². The van der Waals surface area contributed by atoms with Crippen molar-refractivity contribution in [3.8, 4) is 0 Å². The SMILES string of the molecule is [2H]C1(O)O[C@]([2H])(C([2H])([2H])OCc2ccc(Br)cc2)[C@@]([2H])(O[Si](C)(C)C(C)(C)C)C1([2H])[2H]. The summed E-state index contributed by atoms with van der Waals surface area (Å²) < 4.78 is 75.5. The van der Waals surface area contributed by atoms with Crippen LogP contribution in [0.4, 0.5) is 0 Å². The third kappa shape index (κ3) is 5.38. The van der Waals surface area contributed by atoms with Gasteiger partial charge in [-0.2, -0.15) is 0 Å². The lowest BCUT2D eigenvalue weighted by atomic mass is 10.2. The zero-order chi connectivity index (χ0) is 24.3. The smallest absolute Gasteiger partial charge is 0.192 e. The Labute approximate surface area is 164 Å². The highest BCUT2D eigenvalue weighted by atomic mass is 79.9. The zero-order valence-electron chi connectivity index (χ0n) is 21.6. The highest BCUT2D eigenvalue weighted by molar-refractivity contribution is 9.10. The number of halogens is 1. The molecule has 1 aromatic rings. The van der Waals surface area contributed by atoms with E-state index in [1.165, 1.54) is 0 Å². The molecule has 2 rings (SSSR count). The summed E-state index contributed by atoms with van der Waals surface area (Å²) >= 11 is 3.29. The van der Waals surface area contributed by atoms with Crippen molar-refractivity contribution < 1.29 is 28.6 Å². The van der Waals surface area contributed by atoms with Gasteiger partial charge in [-0.15, -0.1) is 0 Å². The summed E-state index contributed by atoms with van der Waals surface area (Å²) in [4.78, 5) is 0. The second-order valence-corrected chi connectivity index (χ2v) is 12.7. The Hall–Kier alpha value is -0.243. The third-order valence-electron chi connectivity index (χ3n) is 4.11. The Morgan fingerprint density at radius 2 is 2.04 bits per heavy atom. The van der Waals surface area contributed by atoms with Gasteiger partial charge in [0, 0.05) is 13.6 Å². The van der Waals surface area contributed by atoms with Crippen LogP contribution in [-0.2, 0) is 20.5 Å². The number of ether oxygens (including phenoxy) is 2. The van der Waals surface area contributed by atoms with E-state index in [0.717, 1.165) is 4.47 Å². The van der Waals surface area contributed by atoms with E-state index < -0.39 is 44.7 Å². The van der Waals surface area contributed by atoms with Crippen LogP contribution in [0, 0.1) is 0 Å². The lowest BCUT2D eigenvalue weighted by molar-refractivity contribution is -0.116. The first kappa shape index (κ1) is 12.2. The van der Waals surface area contributed by atoms with Crippen LogP contribution in [0.5, 0.6) is 0 Å². The van der Waals surface area contributed by atoms with Crippen LogP contribution >= 0.6 is 15.9 Å². The molecule has 1 N–H and O–H groups in total. The molecule has 0 radical (unpaired) electrons. The van der Waals surface area contributed by atoms with E-state index in [4.69, 9.17) is 23.5 Å². The zero-order valence-corrected chi connectivity index (χ0v) is 17.2. The van der Waals surface area contributed by atoms with Crippen molar-refractivity contribution in [1.82, 2.24) is 0 Å². The average Bonchev–Trinajstić information content (AvgIpc) is 2.68. The fourth-order valence-corrected chi connectivity index (χ4v) is 2.86. The maximum atomic E-state index is 10.3. The second-order valence-electron chi connectivity index (χ2n) is 7.07. The Kier molecular flexibility index (Phi) is 4.05. The highest BCUT2D eigenvalue weighted by Crippen LogP contribution is 2.39. The Balaban J connectivity index is 2.50. The summed E-state index contributed by atoms with van der Waals surface area (Å²) in [7, 11) is -3.00. The van der Waals surface area contributed by atoms with E-state index in [1.807, 2.05) is 20.8 Å². The van der Waals surface area contributed by atoms with Crippen LogP contribution in [0.1, 0.15) is 42.3 Å². The van der Waals surface area contributed by atoms with Gasteiger partial charge in [0.15, 0.2) is 14.6 Å². The summed E-state index contributed by atoms with van der Waals surface area (Å²) in [5.41, 5.74) is 0.554. The minimum absolute atomic E-state index is 0.320. The largest absolute Gasteiger partial charge is 0.411 e. The number of hydrogen-bond acceptors (Lipinski definition) is 4. The molecule has 1 fully saturated rings. The van der Waals surface area contributed by atoms with Gasteiger partial charge in [-0.3, -0.25) is 0 Å². The fourth-order valence-electron chi connectivity index (χ4n) is 1.64. The summed E-state index contributed by atoms with van der Waals surface area (Å²) in [6.07, 6.45) is -13.0. The van der Waals surface area contributed by atoms with E-state index in [2.05, 4.69) is 15.9 Å². The molecular weight excluding hydrogens is 388 g/mol. The first-order chi connectivity index (χ1) is 13.6. The first-order valence-corrected chi connectivity index (χ1v) is 11.3. The minimum Gasteiger partial charge on any atom is -0.411 e. The summed E-state index contributed by atoms with van der Waals surface area (Å²) in [6, 6.07) is 6.75. The fraction of sp³-hybridized carbons (Fsp3) is 0.667. The molecule has 136 valence electrons. The van der Waals surface area contributed by atoms with Gasteiger partial charge in [0.2, 0.25) is 0 Å². The van der Waals surface area contributed by atoms with Crippen LogP contribution in [0.25, 0.3) is 0 Å². The van der Waals surface area contributed by atoms with Crippen molar-refractivity contribution in [2.75, 3.05) is 6.56 Å². The molecule has 0 bridgehead atoms. The molecule has 1 unspecified atom stereocenters. The molecule has 0 spiro atoms. The average molecular weight is 424 g/mol. The predicted octanol–water partition coefficient (Wildman–Crippen LogP) is 4.46. The molecule has 3 atom stereocenters. The van der Waals surface area contributed by atoms with E-state index in [0.29, 0.717) is 5.56 Å². The van der Waals surface area contributed by atoms with Gasteiger partial charge in [0.05, 0.1) is 26.1 Å². The Bertz CT molecular complexity index is 816. The molecule has 1 aromatic carbocycles. The topological polar surface area (TPSA) is 47.9 Å². The number of hydrogen-bond donors (Lipinski definition) is 1. The summed E-state index contributed by atoms with van der Waals surface area (Å²) in [5, 5.41) is 9.77. The third-order valence-corrected chi connectivity index (χ3v) is 8.96. The highest BCUT2D eigenvalue weighted by Gasteiger charge is 2.44. The normalized spacial score (nSPS) is 41.4. The maximum Gasteiger partial charge on any atom is 0.192 e. The molecule has 24 heavy (non-hydrogen) atoms. The molecular formula is C18H29BrO4Si. The van der Waals surface area contributed by atoms with Gasteiger partial charge in [0.25, 0.3) is 0 Å². The van der Waals surface area contributed by atoms with Gasteiger partial charge in [0.1, 0.15) is 6.08 Å². The monoisotopic (exact) mass is 423 g/mol. The van der Waals surface area contributed by atoms with Crippen molar-refractivity contribution >= 4 is 24.2 Å². The first-order valence-electron chi connectivity index (χ1n) is 11.1. The molecule has 6 heteroatoms. The quantitative estimate of drug-likeness (QED) is 0.685. The van der Waals surface area contributed by atoms with Gasteiger partial charge < -0.3 is 19.0 Å². The lowest BCUT2D eigenvalue weighted by Gasteiger charge is -2.39. The Morgan fingerprint density at radius 1 is 1.42 bits per heavy atom. The molecule has 4 nitrogen and oxygen atoms in total. The molecule has 0 aliphatic carbocycles. The summed E-state index contributed by atoms with van der Waals surface area (Å²) in [5.74, 6) is 0. The Morgan fingerprint density at radius 3 is 2.62 bits per heavy atom. The molecule has 0 amide bonds. The number of rotatable bonds is 6. The molecule has 1 saturated heterocycles. The molecule has 0 saturated carbocycles. The van der Waals surface area contributed by atoms with Gasteiger partial charge in [-0.05, 0) is 35.8 Å². The van der Waals surface area contributed by atoms with Crippen molar-refractivity contribution in [3.63, 3.8) is 0 Å². The van der Waals surface area contributed by atoms with E-state index in [-0.39, 0.29) is 6.61 Å². The van der Waals surface area contributed by atoms with Crippen LogP contribution < -0.4 is 0 Å². The van der Waals surface area contributed by atoms with Crippen molar-refractivity contribution in [2.45, 2.75) is 70.3 Å². The molecule has 1 aliphatic heterocycles. The van der Waals surface area contributed by atoms with Crippen LogP contribution in [-0.4, -0.2) is 38.4 Å². The van der Waals surface area contributed by atoms with Gasteiger partial charge in [-0.1, -0.05) is 48.8 Å². The predicted molar refractivity (Wildman–Crippen MR) is 101 cm³/mol. The van der Waals surface area contributed by atoms with Crippen molar-refractivity contribution in [3.05, 3.63) is 34.3 Å². The molecule has 1 aliphatic rings. The van der Waals surface area contributed by atoms with Crippen molar-refractivity contribution in [2.24, 2.45) is 0 Å². The van der Waals surface area contributed by atoms with Gasteiger partial charge in [-0.25, -0.2) is 0 Å². The maximum absolute atomic E-state index is 10.3. The van der Waals surface area contributed by atoms with Crippen LogP contribution in [0.2, 0.25) is 18.1 Å². The van der Waals surface area contributed by atoms with Crippen LogP contribution in [0.15, 0.2) is 28.7 Å². The molecule has 1 heterocycles. The second kappa shape index (κ2) is 7.97. The number of aliphatic hydroxyl groups is 1. The lowest BCUT2D eigenvalue weighted by Crippen LogP contribution is -2.46. The van der Waals surface area contributed by atoms with Crippen molar-refractivity contribution in [1.29, 1.82) is 0 Å².